The Kier molecular flexibility index (Phi) is 4.10. The van der Waals surface area contributed by atoms with Gasteiger partial charge in [0.15, 0.2) is 0 Å². The maximum atomic E-state index is 12.9. The Bertz CT molecular complexity index is 585. The second kappa shape index (κ2) is 6.18. The molecule has 5 heteroatoms. The van der Waals surface area contributed by atoms with Crippen LogP contribution in [0.5, 0.6) is 0 Å². The Morgan fingerprint density at radius 3 is 2.52 bits per heavy atom. The smallest absolute Gasteiger partial charge is 0.148 e. The predicted octanol–water partition coefficient (Wildman–Crippen LogP) is 3.26. The predicted molar refractivity (Wildman–Crippen MR) is 79.5 cm³/mol. The van der Waals surface area contributed by atoms with E-state index in [1.165, 1.54) is 12.1 Å². The summed E-state index contributed by atoms with van der Waals surface area (Å²) in [6, 6.07) is 10.4. The van der Waals surface area contributed by atoms with Crippen LogP contribution in [0.4, 0.5) is 10.2 Å². The highest BCUT2D eigenvalue weighted by Gasteiger charge is 2.24. The molecule has 0 aliphatic heterocycles. The number of nitrogens with one attached hydrogen (secondary N) is 1. The lowest BCUT2D eigenvalue weighted by Gasteiger charge is -2.13. The fourth-order valence-corrected chi connectivity index (χ4v) is 2.68. The molecule has 1 saturated carbocycles. The van der Waals surface area contributed by atoms with Crippen LogP contribution >= 0.6 is 0 Å². The minimum Gasteiger partial charge on any atom is -0.381 e. The Hall–Kier alpha value is -2.01. The number of aromatic nitrogens is 2. The lowest BCUT2D eigenvalue weighted by Crippen LogP contribution is -2.18. The van der Waals surface area contributed by atoms with Crippen LogP contribution in [0, 0.1) is 5.82 Å². The molecule has 0 bridgehead atoms. The number of rotatable bonds is 4. The highest BCUT2D eigenvalue weighted by Crippen LogP contribution is 2.24. The second-order valence-electron chi connectivity index (χ2n) is 5.32. The average Bonchev–Trinajstić information content (AvgIpc) is 2.97. The van der Waals surface area contributed by atoms with Crippen molar-refractivity contribution in [3.8, 4) is 11.3 Å². The number of benzene rings is 1. The molecule has 2 unspecified atom stereocenters. The summed E-state index contributed by atoms with van der Waals surface area (Å²) in [7, 11) is 1.75. The number of ether oxygens (including phenoxy) is 1. The molecule has 1 N–H and O–H groups in total. The van der Waals surface area contributed by atoms with E-state index in [1.54, 1.807) is 19.2 Å². The molecule has 1 aliphatic carbocycles. The van der Waals surface area contributed by atoms with Crippen molar-refractivity contribution in [1.29, 1.82) is 0 Å². The molecule has 1 heterocycles. The lowest BCUT2D eigenvalue weighted by molar-refractivity contribution is 0.108. The van der Waals surface area contributed by atoms with Crippen molar-refractivity contribution >= 4 is 5.82 Å². The minimum atomic E-state index is -0.251. The summed E-state index contributed by atoms with van der Waals surface area (Å²) in [6.45, 7) is 0. The van der Waals surface area contributed by atoms with E-state index in [-0.39, 0.29) is 5.82 Å². The van der Waals surface area contributed by atoms with Crippen LogP contribution in [0.3, 0.4) is 0 Å². The molecule has 2 atom stereocenters. The van der Waals surface area contributed by atoms with Gasteiger partial charge in [-0.3, -0.25) is 0 Å². The van der Waals surface area contributed by atoms with Gasteiger partial charge in [0.25, 0.3) is 0 Å². The fourth-order valence-electron chi connectivity index (χ4n) is 2.68. The van der Waals surface area contributed by atoms with Crippen molar-refractivity contribution in [1.82, 2.24) is 10.2 Å². The molecule has 0 saturated heterocycles. The van der Waals surface area contributed by atoms with Crippen LogP contribution in [0.15, 0.2) is 36.4 Å². The van der Waals surface area contributed by atoms with Gasteiger partial charge in [-0.2, -0.15) is 0 Å². The molecule has 0 amide bonds. The first-order chi connectivity index (χ1) is 10.2. The van der Waals surface area contributed by atoms with Crippen LogP contribution in [-0.2, 0) is 4.74 Å². The number of methoxy groups -OCH3 is 1. The van der Waals surface area contributed by atoms with Crippen LogP contribution in [0.1, 0.15) is 19.3 Å². The normalized spacial score (nSPS) is 21.4. The molecule has 110 valence electrons. The van der Waals surface area contributed by atoms with Crippen molar-refractivity contribution in [2.24, 2.45) is 0 Å². The van der Waals surface area contributed by atoms with Crippen LogP contribution in [0.25, 0.3) is 11.3 Å². The number of halogens is 1. The Labute approximate surface area is 123 Å². The zero-order valence-corrected chi connectivity index (χ0v) is 11.9. The van der Waals surface area contributed by atoms with Crippen molar-refractivity contribution in [2.75, 3.05) is 12.4 Å². The molecule has 3 rings (SSSR count). The number of hydrogen-bond donors (Lipinski definition) is 1. The lowest BCUT2D eigenvalue weighted by atomic mass is 10.1. The first kappa shape index (κ1) is 13.9. The standard InChI is InChI=1S/C16H18FN3O/c1-21-14-7-6-13(10-14)18-16-9-8-15(19-20-16)11-2-4-12(17)5-3-11/h2-5,8-9,13-14H,6-7,10H2,1H3,(H,18,20). The average molecular weight is 287 g/mol. The number of hydrogen-bond acceptors (Lipinski definition) is 4. The highest BCUT2D eigenvalue weighted by atomic mass is 19.1. The molecule has 1 fully saturated rings. The van der Waals surface area contributed by atoms with E-state index in [0.717, 1.165) is 36.3 Å². The monoisotopic (exact) mass is 287 g/mol. The molecule has 1 aliphatic rings. The minimum absolute atomic E-state index is 0.251. The number of anilines is 1. The fraction of sp³-hybridized carbons (Fsp3) is 0.375. The SMILES string of the molecule is COC1CCC(Nc2ccc(-c3ccc(F)cc3)nn2)C1. The van der Waals surface area contributed by atoms with Gasteiger partial charge < -0.3 is 10.1 Å². The van der Waals surface area contributed by atoms with Gasteiger partial charge in [-0.05, 0) is 55.7 Å². The largest absolute Gasteiger partial charge is 0.381 e. The van der Waals surface area contributed by atoms with Crippen LogP contribution in [0.2, 0.25) is 0 Å². The van der Waals surface area contributed by atoms with Gasteiger partial charge in [0.2, 0.25) is 0 Å². The first-order valence-electron chi connectivity index (χ1n) is 7.13. The Balaban J connectivity index is 1.65. The van der Waals surface area contributed by atoms with E-state index in [0.29, 0.717) is 12.1 Å². The maximum absolute atomic E-state index is 12.9. The zero-order chi connectivity index (χ0) is 14.7. The molecule has 4 nitrogen and oxygen atoms in total. The summed E-state index contributed by atoms with van der Waals surface area (Å²) in [5.41, 5.74) is 1.59. The van der Waals surface area contributed by atoms with E-state index in [2.05, 4.69) is 15.5 Å². The Morgan fingerprint density at radius 2 is 1.90 bits per heavy atom. The third kappa shape index (κ3) is 3.36. The van der Waals surface area contributed by atoms with Crippen molar-refractivity contribution in [2.45, 2.75) is 31.4 Å². The third-order valence-electron chi connectivity index (χ3n) is 3.87. The van der Waals surface area contributed by atoms with Crippen LogP contribution in [-0.4, -0.2) is 29.5 Å². The maximum Gasteiger partial charge on any atom is 0.148 e. The molecular formula is C16H18FN3O. The van der Waals surface area contributed by atoms with Gasteiger partial charge in [-0.25, -0.2) is 4.39 Å². The van der Waals surface area contributed by atoms with Crippen molar-refractivity contribution < 1.29 is 9.13 Å². The number of nitrogens with zero attached hydrogens (tertiary/aromatic N) is 2. The van der Waals surface area contributed by atoms with Gasteiger partial charge in [0.05, 0.1) is 11.8 Å². The summed E-state index contributed by atoms with van der Waals surface area (Å²) in [5.74, 6) is 0.515. The molecule has 21 heavy (non-hydrogen) atoms. The molecule has 0 spiro atoms. The quantitative estimate of drug-likeness (QED) is 0.937. The molecule has 1 aromatic heterocycles. The van der Waals surface area contributed by atoms with E-state index in [4.69, 9.17) is 4.74 Å². The third-order valence-corrected chi connectivity index (χ3v) is 3.87. The van der Waals surface area contributed by atoms with Gasteiger partial charge in [-0.15, -0.1) is 10.2 Å². The first-order valence-corrected chi connectivity index (χ1v) is 7.13. The van der Waals surface area contributed by atoms with E-state index in [1.807, 2.05) is 12.1 Å². The molecule has 1 aromatic carbocycles. The summed E-state index contributed by atoms with van der Waals surface area (Å²) < 4.78 is 18.3. The van der Waals surface area contributed by atoms with Gasteiger partial charge in [0, 0.05) is 18.7 Å². The molecule has 2 aromatic rings. The molecule has 0 radical (unpaired) electrons. The summed E-state index contributed by atoms with van der Waals surface area (Å²) in [4.78, 5) is 0. The second-order valence-corrected chi connectivity index (χ2v) is 5.32. The van der Waals surface area contributed by atoms with Gasteiger partial charge in [0.1, 0.15) is 11.6 Å². The summed E-state index contributed by atoms with van der Waals surface area (Å²) in [5, 5.41) is 11.8. The van der Waals surface area contributed by atoms with E-state index >= 15 is 0 Å². The van der Waals surface area contributed by atoms with Gasteiger partial charge in [-0.1, -0.05) is 0 Å². The highest BCUT2D eigenvalue weighted by molar-refractivity contribution is 5.59. The summed E-state index contributed by atoms with van der Waals surface area (Å²) in [6.07, 6.45) is 3.50. The summed E-state index contributed by atoms with van der Waals surface area (Å²) >= 11 is 0. The van der Waals surface area contributed by atoms with Gasteiger partial charge >= 0.3 is 0 Å². The van der Waals surface area contributed by atoms with E-state index in [9.17, 15) is 4.39 Å². The van der Waals surface area contributed by atoms with Crippen LogP contribution < -0.4 is 5.32 Å². The Morgan fingerprint density at radius 1 is 1.10 bits per heavy atom. The van der Waals surface area contributed by atoms with E-state index < -0.39 is 0 Å². The van der Waals surface area contributed by atoms with Crippen molar-refractivity contribution in [3.63, 3.8) is 0 Å². The van der Waals surface area contributed by atoms with Crippen molar-refractivity contribution in [3.05, 3.63) is 42.2 Å². The molecular weight excluding hydrogens is 269 g/mol. The topological polar surface area (TPSA) is 47.0 Å². The zero-order valence-electron chi connectivity index (χ0n) is 11.9.